The first kappa shape index (κ1) is 94.6. The van der Waals surface area contributed by atoms with E-state index in [1.54, 1.807) is 0 Å². The van der Waals surface area contributed by atoms with Gasteiger partial charge in [-0.05, 0) is 128 Å². The fourth-order valence-corrected chi connectivity index (χ4v) is 12.1. The summed E-state index contributed by atoms with van der Waals surface area (Å²) in [4.78, 5) is 35.5. The Labute approximate surface area is 610 Å². The lowest BCUT2D eigenvalue weighted by molar-refractivity contribution is -0.161. The van der Waals surface area contributed by atoms with Gasteiger partial charge in [0.25, 0.3) is 0 Å². The number of esters is 2. The third-order valence-electron chi connectivity index (χ3n) is 17.4. The van der Waals surface area contributed by atoms with Crippen molar-refractivity contribution >= 4 is 19.8 Å². The van der Waals surface area contributed by atoms with Gasteiger partial charge in [-0.3, -0.25) is 18.6 Å². The van der Waals surface area contributed by atoms with E-state index in [9.17, 15) is 19.0 Å². The number of rotatable bonds is 76. The summed E-state index contributed by atoms with van der Waals surface area (Å²) >= 11 is 0. The quantitative estimate of drug-likeness (QED) is 0.0264. The fraction of sp³-hybridized carbons (Fsp3) is 0.685. The van der Waals surface area contributed by atoms with Gasteiger partial charge in [0, 0.05) is 19.4 Å². The van der Waals surface area contributed by atoms with Crippen LogP contribution in [0.5, 0.6) is 0 Å². The molecule has 3 N–H and O–H groups in total. The Bertz CT molecular complexity index is 2190. The third kappa shape index (κ3) is 82.5. The van der Waals surface area contributed by atoms with Gasteiger partial charge in [0.1, 0.15) is 6.61 Å². The lowest BCUT2D eigenvalue weighted by atomic mass is 10.0. The Balaban J connectivity index is 3.91. The Hall–Kier alpha value is -4.37. The van der Waals surface area contributed by atoms with E-state index >= 15 is 0 Å². The van der Waals surface area contributed by atoms with E-state index in [0.29, 0.717) is 6.42 Å². The first-order valence-corrected chi connectivity index (χ1v) is 42.5. The van der Waals surface area contributed by atoms with Crippen LogP contribution in [0.4, 0.5) is 0 Å². The first-order chi connectivity index (χ1) is 48.8. The Morgan fingerprint density at radius 3 is 0.838 bits per heavy atom. The number of carbonyl (C=O) groups excluding carboxylic acids is 2. The highest BCUT2D eigenvalue weighted by molar-refractivity contribution is 7.47. The molecule has 0 radical (unpaired) electrons. The van der Waals surface area contributed by atoms with Crippen LogP contribution in [0, 0.1) is 0 Å². The van der Waals surface area contributed by atoms with Gasteiger partial charge in [0.15, 0.2) is 6.10 Å². The highest BCUT2D eigenvalue weighted by Gasteiger charge is 2.26. The van der Waals surface area contributed by atoms with Gasteiger partial charge < -0.3 is 20.1 Å². The number of hydrogen-bond donors (Lipinski definition) is 2. The molecule has 0 saturated carbocycles. The van der Waals surface area contributed by atoms with Gasteiger partial charge in [0.2, 0.25) is 0 Å². The molecule has 0 amide bonds. The molecular formula is C89H152NO8P. The molecular weight excluding hydrogens is 1240 g/mol. The molecule has 0 aromatic carbocycles. The molecule has 2 atom stereocenters. The number of unbranched alkanes of at least 4 members (excludes halogenated alkanes) is 37. The summed E-state index contributed by atoms with van der Waals surface area (Å²) < 4.78 is 33.2. The predicted octanol–water partition coefficient (Wildman–Crippen LogP) is 27.9. The highest BCUT2D eigenvalue weighted by atomic mass is 31.2. The first-order valence-electron chi connectivity index (χ1n) is 41.0. The van der Waals surface area contributed by atoms with Crippen LogP contribution in [0.25, 0.3) is 0 Å². The average Bonchev–Trinajstić information content (AvgIpc) is 1.19. The predicted molar refractivity (Wildman–Crippen MR) is 431 cm³/mol. The van der Waals surface area contributed by atoms with E-state index in [1.165, 1.54) is 205 Å². The van der Waals surface area contributed by atoms with Crippen LogP contribution in [-0.4, -0.2) is 49.3 Å². The van der Waals surface area contributed by atoms with Crippen molar-refractivity contribution in [3.8, 4) is 0 Å². The van der Waals surface area contributed by atoms with Crippen LogP contribution in [0.2, 0.25) is 0 Å². The second-order valence-corrected chi connectivity index (χ2v) is 28.4. The van der Waals surface area contributed by atoms with Crippen molar-refractivity contribution in [3.63, 3.8) is 0 Å². The second-order valence-electron chi connectivity index (χ2n) is 26.9. The maximum Gasteiger partial charge on any atom is 0.472 e. The summed E-state index contributed by atoms with van der Waals surface area (Å²) in [7, 11) is -4.41. The van der Waals surface area contributed by atoms with Crippen LogP contribution in [0.1, 0.15) is 361 Å². The Morgan fingerprint density at radius 1 is 0.313 bits per heavy atom. The molecule has 9 nitrogen and oxygen atoms in total. The minimum atomic E-state index is -4.41. The number of phosphoric acid groups is 1. The average molecular weight is 1400 g/mol. The summed E-state index contributed by atoms with van der Waals surface area (Å²) in [5, 5.41) is 0. The van der Waals surface area contributed by atoms with E-state index < -0.39 is 26.5 Å². The monoisotopic (exact) mass is 1390 g/mol. The normalized spacial score (nSPS) is 13.7. The lowest BCUT2D eigenvalue weighted by Crippen LogP contribution is -2.29. The standard InChI is InChI=1S/C89H152NO8P/c1-3-5-7-9-11-13-15-17-19-21-23-25-27-29-31-33-35-37-39-41-42-43-44-46-48-50-52-54-56-58-60-62-64-66-68-70-72-74-76-78-80-82-89(92)98-87(86-97-99(93,94)96-84-83-90)85-95-88(91)81-79-77-75-73-71-69-67-65-63-61-59-57-55-53-51-49-47-45-40-38-36-34-32-30-28-26-24-22-20-18-16-14-12-10-8-6-4-2/h5,7,11,13,17,19,22-25,29,31,35,37,41-42,44,46,50,52,56,58,62,64,68,70,87H,3-4,6,8-10,12,14-16,18,20-21,26-28,30,32-34,36,38-40,43,45,47-49,51,53-55,57,59-61,63,65-67,69,71-86,90H2,1-2H3,(H,93,94)/b7-5-,13-11-,19-17-,24-22-,25-23-,31-29-,37-35-,42-41-,46-44-,52-50-,58-56-,64-62-,70-68-. The van der Waals surface area contributed by atoms with Gasteiger partial charge >= 0.3 is 19.8 Å². The number of allylic oxidation sites excluding steroid dienone is 26. The van der Waals surface area contributed by atoms with Crippen molar-refractivity contribution in [2.45, 2.75) is 367 Å². The Kier molecular flexibility index (Phi) is 78.9. The SMILES string of the molecule is CC/C=C\C/C=C\C/C=C\C/C=C\C/C=C\C/C=C\C/C=C\C/C=C\C/C=C\C/C=C\C/C=C\C/C=C\CCCCCCC(=O)OC(COC(=O)CCCCCCCCCCCCCCCCCCCCCCCCCCC/C=C\CCCCCCCCCC)COP(=O)(O)OCCN. The topological polar surface area (TPSA) is 134 Å². The molecule has 0 rings (SSSR count). The Morgan fingerprint density at radius 2 is 0.556 bits per heavy atom. The van der Waals surface area contributed by atoms with E-state index in [-0.39, 0.29) is 38.6 Å². The summed E-state index contributed by atoms with van der Waals surface area (Å²) in [6.45, 7) is 3.63. The third-order valence-corrected chi connectivity index (χ3v) is 18.4. The summed E-state index contributed by atoms with van der Waals surface area (Å²) in [6.07, 6.45) is 121. The van der Waals surface area contributed by atoms with E-state index in [0.717, 1.165) is 122 Å². The van der Waals surface area contributed by atoms with E-state index in [1.807, 2.05) is 0 Å². The highest BCUT2D eigenvalue weighted by Crippen LogP contribution is 2.43. The summed E-state index contributed by atoms with van der Waals surface area (Å²) in [5.41, 5.74) is 5.41. The maximum atomic E-state index is 12.8. The molecule has 0 saturated heterocycles. The largest absolute Gasteiger partial charge is 0.472 e. The van der Waals surface area contributed by atoms with Gasteiger partial charge in [-0.2, -0.15) is 0 Å². The molecule has 0 aliphatic carbocycles. The molecule has 0 fully saturated rings. The zero-order valence-electron chi connectivity index (χ0n) is 63.9. The zero-order chi connectivity index (χ0) is 71.5. The lowest BCUT2D eigenvalue weighted by Gasteiger charge is -2.19. The minimum Gasteiger partial charge on any atom is -0.462 e. The molecule has 0 aliphatic rings. The number of phosphoric ester groups is 1. The minimum absolute atomic E-state index is 0.0428. The zero-order valence-corrected chi connectivity index (χ0v) is 64.8. The van der Waals surface area contributed by atoms with Crippen molar-refractivity contribution in [1.29, 1.82) is 0 Å². The van der Waals surface area contributed by atoms with Crippen LogP contribution in [0.3, 0.4) is 0 Å². The van der Waals surface area contributed by atoms with Crippen LogP contribution in [-0.2, 0) is 32.7 Å². The molecule has 0 bridgehead atoms. The molecule has 99 heavy (non-hydrogen) atoms. The van der Waals surface area contributed by atoms with Crippen molar-refractivity contribution in [2.24, 2.45) is 5.73 Å². The fourth-order valence-electron chi connectivity index (χ4n) is 11.4. The van der Waals surface area contributed by atoms with Crippen LogP contribution >= 0.6 is 7.82 Å². The van der Waals surface area contributed by atoms with Gasteiger partial charge in [-0.1, -0.05) is 377 Å². The van der Waals surface area contributed by atoms with Crippen molar-refractivity contribution in [3.05, 3.63) is 158 Å². The van der Waals surface area contributed by atoms with Crippen LogP contribution < -0.4 is 5.73 Å². The van der Waals surface area contributed by atoms with Crippen molar-refractivity contribution in [1.82, 2.24) is 0 Å². The number of ether oxygens (including phenoxy) is 2. The summed E-state index contributed by atoms with van der Waals surface area (Å²) in [6, 6.07) is 0. The second kappa shape index (κ2) is 82.6. The van der Waals surface area contributed by atoms with E-state index in [4.69, 9.17) is 24.3 Å². The smallest absolute Gasteiger partial charge is 0.462 e. The molecule has 10 heteroatoms. The molecule has 0 heterocycles. The molecule has 566 valence electrons. The summed E-state index contributed by atoms with van der Waals surface area (Å²) in [5.74, 6) is -0.854. The van der Waals surface area contributed by atoms with Crippen molar-refractivity contribution in [2.75, 3.05) is 26.4 Å². The number of carbonyl (C=O) groups is 2. The molecule has 0 aliphatic heterocycles. The molecule has 0 spiro atoms. The van der Waals surface area contributed by atoms with Gasteiger partial charge in [-0.25, -0.2) is 4.57 Å². The molecule has 0 aromatic rings. The maximum absolute atomic E-state index is 12.8. The molecule has 2 unspecified atom stereocenters. The van der Waals surface area contributed by atoms with Gasteiger partial charge in [-0.15, -0.1) is 0 Å². The number of nitrogens with two attached hydrogens (primary N) is 1. The van der Waals surface area contributed by atoms with Gasteiger partial charge in [0.05, 0.1) is 13.2 Å². The van der Waals surface area contributed by atoms with Crippen molar-refractivity contribution < 1.29 is 37.6 Å². The number of hydrogen-bond acceptors (Lipinski definition) is 8. The van der Waals surface area contributed by atoms with E-state index in [2.05, 4.69) is 172 Å². The van der Waals surface area contributed by atoms with Crippen LogP contribution in [0.15, 0.2) is 158 Å². The molecule has 0 aromatic heterocycles.